The van der Waals surface area contributed by atoms with Crippen LogP contribution in [-0.4, -0.2) is 22.7 Å². The molecule has 0 aromatic heterocycles. The van der Waals surface area contributed by atoms with Gasteiger partial charge in [-0.3, -0.25) is 10.1 Å². The van der Waals surface area contributed by atoms with Crippen LogP contribution < -0.4 is 5.73 Å². The molecular weight excluding hydrogens is 222 g/mol. The van der Waals surface area contributed by atoms with E-state index in [9.17, 15) is 18.9 Å². The van der Waals surface area contributed by atoms with Gasteiger partial charge in [-0.25, -0.2) is 8.78 Å². The zero-order valence-corrected chi connectivity index (χ0v) is 8.19. The van der Waals surface area contributed by atoms with Crippen LogP contribution in [-0.2, 0) is 6.42 Å². The van der Waals surface area contributed by atoms with Gasteiger partial charge < -0.3 is 10.8 Å². The Morgan fingerprint density at radius 1 is 1.44 bits per heavy atom. The molecule has 0 fully saturated rings. The Kier molecular flexibility index (Phi) is 3.86. The van der Waals surface area contributed by atoms with Crippen LogP contribution in [0.15, 0.2) is 12.1 Å². The Morgan fingerprint density at radius 3 is 2.50 bits per heavy atom. The first-order chi connectivity index (χ1) is 7.45. The van der Waals surface area contributed by atoms with E-state index in [1.807, 2.05) is 0 Å². The monoisotopic (exact) mass is 232 g/mol. The lowest BCUT2D eigenvalue weighted by Crippen LogP contribution is -2.27. The number of nitro groups is 1. The van der Waals surface area contributed by atoms with Crippen LogP contribution in [0.5, 0.6) is 0 Å². The molecule has 1 unspecified atom stereocenters. The SMILES string of the molecule is NC(CO)Cc1cc(F)c(F)cc1[N+](=O)[O-]. The van der Waals surface area contributed by atoms with Crippen molar-refractivity contribution in [3.63, 3.8) is 0 Å². The number of halogens is 2. The molecule has 0 amide bonds. The Balaban J connectivity index is 3.14. The van der Waals surface area contributed by atoms with Crippen LogP contribution in [0, 0.1) is 21.7 Å². The molecule has 1 rings (SSSR count). The number of nitrogens with zero attached hydrogens (tertiary/aromatic N) is 1. The molecule has 0 aliphatic heterocycles. The summed E-state index contributed by atoms with van der Waals surface area (Å²) in [6.45, 7) is -0.393. The van der Waals surface area contributed by atoms with Gasteiger partial charge in [0, 0.05) is 11.6 Å². The van der Waals surface area contributed by atoms with Crippen molar-refractivity contribution in [3.8, 4) is 0 Å². The summed E-state index contributed by atoms with van der Waals surface area (Å²) in [6.07, 6.45) is -0.0932. The van der Waals surface area contributed by atoms with Crippen LogP contribution in [0.3, 0.4) is 0 Å². The molecule has 7 heteroatoms. The normalized spacial score (nSPS) is 12.5. The van der Waals surface area contributed by atoms with Crippen molar-refractivity contribution in [2.75, 3.05) is 6.61 Å². The van der Waals surface area contributed by atoms with Crippen molar-refractivity contribution in [2.45, 2.75) is 12.5 Å². The van der Waals surface area contributed by atoms with Gasteiger partial charge in [-0.2, -0.15) is 0 Å². The Morgan fingerprint density at radius 2 is 2.00 bits per heavy atom. The second kappa shape index (κ2) is 4.95. The number of nitrogens with two attached hydrogens (primary N) is 1. The molecule has 5 nitrogen and oxygen atoms in total. The van der Waals surface area contributed by atoms with Crippen molar-refractivity contribution < 1.29 is 18.8 Å². The number of rotatable bonds is 4. The van der Waals surface area contributed by atoms with E-state index in [2.05, 4.69) is 0 Å². The average Bonchev–Trinajstić information content (AvgIpc) is 2.22. The van der Waals surface area contributed by atoms with Crippen LogP contribution >= 0.6 is 0 Å². The zero-order chi connectivity index (χ0) is 12.3. The fourth-order valence-electron chi connectivity index (χ4n) is 1.26. The molecule has 0 saturated carbocycles. The summed E-state index contributed by atoms with van der Waals surface area (Å²) < 4.78 is 25.7. The molecule has 0 heterocycles. The maximum absolute atomic E-state index is 12.9. The molecule has 0 saturated heterocycles. The molecule has 16 heavy (non-hydrogen) atoms. The molecule has 0 bridgehead atoms. The second-order valence-corrected chi connectivity index (χ2v) is 3.30. The third kappa shape index (κ3) is 2.71. The predicted octanol–water partition coefficient (Wildman–Crippen LogP) is 0.735. The maximum Gasteiger partial charge on any atom is 0.275 e. The van der Waals surface area contributed by atoms with Crippen LogP contribution in [0.1, 0.15) is 5.56 Å². The minimum atomic E-state index is -1.28. The summed E-state index contributed by atoms with van der Waals surface area (Å²) in [5.74, 6) is -2.46. The van der Waals surface area contributed by atoms with E-state index in [-0.39, 0.29) is 12.0 Å². The highest BCUT2D eigenvalue weighted by Crippen LogP contribution is 2.23. The second-order valence-electron chi connectivity index (χ2n) is 3.30. The van der Waals surface area contributed by atoms with Gasteiger partial charge in [0.1, 0.15) is 0 Å². The number of hydrogen-bond acceptors (Lipinski definition) is 4. The minimum Gasteiger partial charge on any atom is -0.395 e. The summed E-state index contributed by atoms with van der Waals surface area (Å²) in [6, 6.07) is 0.487. The van der Waals surface area contributed by atoms with E-state index >= 15 is 0 Å². The van der Waals surface area contributed by atoms with Gasteiger partial charge in [-0.05, 0) is 12.5 Å². The topological polar surface area (TPSA) is 89.4 Å². The van der Waals surface area contributed by atoms with Gasteiger partial charge in [0.2, 0.25) is 0 Å². The highest BCUT2D eigenvalue weighted by atomic mass is 19.2. The Bertz CT molecular complexity index is 412. The Labute approximate surface area is 89.6 Å². The predicted molar refractivity (Wildman–Crippen MR) is 51.8 cm³/mol. The highest BCUT2D eigenvalue weighted by molar-refractivity contribution is 5.41. The van der Waals surface area contributed by atoms with Gasteiger partial charge >= 0.3 is 0 Å². The van der Waals surface area contributed by atoms with E-state index in [0.29, 0.717) is 6.07 Å². The zero-order valence-electron chi connectivity index (χ0n) is 8.19. The molecule has 0 aliphatic carbocycles. The average molecular weight is 232 g/mol. The molecular formula is C9H10F2N2O3. The number of hydrogen-bond donors (Lipinski definition) is 2. The summed E-state index contributed by atoms with van der Waals surface area (Å²) >= 11 is 0. The number of aliphatic hydroxyl groups is 1. The number of benzene rings is 1. The molecule has 1 aromatic rings. The van der Waals surface area contributed by atoms with Crippen molar-refractivity contribution >= 4 is 5.69 Å². The first-order valence-corrected chi connectivity index (χ1v) is 4.44. The fraction of sp³-hybridized carbons (Fsp3) is 0.333. The van der Waals surface area contributed by atoms with Crippen LogP contribution in [0.2, 0.25) is 0 Å². The third-order valence-corrected chi connectivity index (χ3v) is 2.03. The van der Waals surface area contributed by atoms with Crippen molar-refractivity contribution in [1.82, 2.24) is 0 Å². The summed E-state index contributed by atoms with van der Waals surface area (Å²) in [5.41, 5.74) is 4.80. The van der Waals surface area contributed by atoms with Crippen LogP contribution in [0.4, 0.5) is 14.5 Å². The van der Waals surface area contributed by atoms with E-state index in [1.54, 1.807) is 0 Å². The van der Waals surface area contributed by atoms with E-state index in [1.165, 1.54) is 0 Å². The van der Waals surface area contributed by atoms with Crippen molar-refractivity contribution in [2.24, 2.45) is 5.73 Å². The van der Waals surface area contributed by atoms with Gasteiger partial charge in [-0.1, -0.05) is 0 Å². The highest BCUT2D eigenvalue weighted by Gasteiger charge is 2.19. The molecule has 0 spiro atoms. The lowest BCUT2D eigenvalue weighted by molar-refractivity contribution is -0.385. The summed E-state index contributed by atoms with van der Waals surface area (Å²) in [5, 5.41) is 19.3. The summed E-state index contributed by atoms with van der Waals surface area (Å²) in [7, 11) is 0. The smallest absolute Gasteiger partial charge is 0.275 e. The summed E-state index contributed by atoms with van der Waals surface area (Å²) in [4.78, 5) is 9.75. The lowest BCUT2D eigenvalue weighted by atomic mass is 10.0. The minimum absolute atomic E-state index is 0.0366. The van der Waals surface area contributed by atoms with E-state index < -0.39 is 34.9 Å². The fourth-order valence-corrected chi connectivity index (χ4v) is 1.26. The van der Waals surface area contributed by atoms with Gasteiger partial charge in [0.05, 0.1) is 17.6 Å². The number of aliphatic hydroxyl groups excluding tert-OH is 1. The molecule has 1 aromatic carbocycles. The van der Waals surface area contributed by atoms with E-state index in [0.717, 1.165) is 6.07 Å². The largest absolute Gasteiger partial charge is 0.395 e. The van der Waals surface area contributed by atoms with E-state index in [4.69, 9.17) is 10.8 Å². The standard InChI is InChI=1S/C9H10F2N2O3/c10-7-2-5(1-6(12)4-14)9(13(15)16)3-8(7)11/h2-3,6,14H,1,4,12H2. The van der Waals surface area contributed by atoms with Crippen molar-refractivity contribution in [1.29, 1.82) is 0 Å². The van der Waals surface area contributed by atoms with Gasteiger partial charge in [-0.15, -0.1) is 0 Å². The Hall–Kier alpha value is -1.60. The lowest BCUT2D eigenvalue weighted by Gasteiger charge is -2.08. The molecule has 88 valence electrons. The molecule has 0 aliphatic rings. The first-order valence-electron chi connectivity index (χ1n) is 4.44. The van der Waals surface area contributed by atoms with Crippen LogP contribution in [0.25, 0.3) is 0 Å². The molecule has 1 atom stereocenters. The quantitative estimate of drug-likeness (QED) is 0.591. The first kappa shape index (κ1) is 12.5. The van der Waals surface area contributed by atoms with Gasteiger partial charge in [0.25, 0.3) is 5.69 Å². The molecule has 3 N–H and O–H groups in total. The third-order valence-electron chi connectivity index (χ3n) is 2.03. The van der Waals surface area contributed by atoms with Gasteiger partial charge in [0.15, 0.2) is 11.6 Å². The van der Waals surface area contributed by atoms with Crippen molar-refractivity contribution in [3.05, 3.63) is 39.4 Å². The number of nitro benzene ring substituents is 1. The maximum atomic E-state index is 12.9. The molecule has 0 radical (unpaired) electrons.